The maximum absolute atomic E-state index is 10.3. The molecule has 0 aliphatic rings. The second-order valence-corrected chi connectivity index (χ2v) is 2.35. The Labute approximate surface area is 64.2 Å². The molecule has 0 fully saturated rings. The van der Waals surface area contributed by atoms with Gasteiger partial charge in [0.2, 0.25) is 6.41 Å². The van der Waals surface area contributed by atoms with Crippen molar-refractivity contribution in [3.05, 3.63) is 5.69 Å². The molecule has 0 bridgehead atoms. The van der Waals surface area contributed by atoms with Crippen LogP contribution in [0, 0.1) is 0 Å². The normalized spacial score (nSPS) is 10.1. The summed E-state index contributed by atoms with van der Waals surface area (Å²) in [5, 5.41) is 11.5. The van der Waals surface area contributed by atoms with Crippen LogP contribution in [0.3, 0.4) is 0 Å². The van der Waals surface area contributed by atoms with E-state index >= 15 is 0 Å². The molecule has 1 rings (SSSR count). The molecule has 11 heavy (non-hydrogen) atoms. The first kappa shape index (κ1) is 7.87. The number of aryl methyl sites for hydroxylation is 1. The van der Waals surface area contributed by atoms with E-state index in [1.807, 2.05) is 0 Å². The van der Waals surface area contributed by atoms with Gasteiger partial charge in [-0.15, -0.1) is 0 Å². The predicted molar refractivity (Wildman–Crippen MR) is 40.2 cm³/mol. The maximum atomic E-state index is 10.3. The number of aliphatic hydroxyl groups excluding tert-OH is 1. The Kier molecular flexibility index (Phi) is 2.00. The zero-order valence-electron chi connectivity index (χ0n) is 6.53. The van der Waals surface area contributed by atoms with E-state index in [0.717, 1.165) is 0 Å². The lowest BCUT2D eigenvalue weighted by atomic mass is 10.4. The molecule has 62 valence electrons. The minimum absolute atomic E-state index is 0.0716. The lowest BCUT2D eigenvalue weighted by Gasteiger charge is -2.23. The topological polar surface area (TPSA) is 61.3 Å². The largest absolute Gasteiger partial charge is 0.390 e. The van der Waals surface area contributed by atoms with E-state index < -0.39 is 0 Å². The molecule has 0 aromatic carbocycles. The fourth-order valence-corrected chi connectivity index (χ4v) is 1.06. The predicted octanol–water partition coefficient (Wildman–Crippen LogP) is -0.562. The molecule has 0 radical (unpaired) electrons. The van der Waals surface area contributed by atoms with Gasteiger partial charge in [-0.2, -0.15) is 0 Å². The molecule has 1 aromatic heterocycles. The van der Waals surface area contributed by atoms with Gasteiger partial charge in [0.05, 0.1) is 12.3 Å². The number of H-pyrrole nitrogens is 1. The fourth-order valence-electron chi connectivity index (χ4n) is 1.06. The van der Waals surface area contributed by atoms with Gasteiger partial charge in [-0.1, -0.05) is 0 Å². The van der Waals surface area contributed by atoms with Crippen molar-refractivity contribution in [1.29, 1.82) is 0 Å². The number of aromatic nitrogens is 2. The number of aliphatic hydroxyl groups is 1. The fraction of sp³-hybridized carbons (Fsp3) is 0.500. The summed E-state index contributed by atoms with van der Waals surface area (Å²) in [5.41, 5.74) is 0.669. The van der Waals surface area contributed by atoms with E-state index in [1.165, 1.54) is 4.90 Å². The highest BCUT2D eigenvalue weighted by atomic mass is 16.3. The standard InChI is InChI=1S/C6H11N3O2/c1-8(4-11)6-5(3-10)7-9(6)2/h4,7,10H,3H2,1-2H3. The van der Waals surface area contributed by atoms with Crippen molar-refractivity contribution >= 4 is 12.2 Å². The molecule has 0 aliphatic heterocycles. The molecule has 5 heteroatoms. The number of hydrogen-bond acceptors (Lipinski definition) is 2. The first-order valence-corrected chi connectivity index (χ1v) is 3.23. The van der Waals surface area contributed by atoms with Crippen LogP contribution in [-0.4, -0.2) is 28.3 Å². The van der Waals surface area contributed by atoms with Crippen LogP contribution in [0.25, 0.3) is 0 Å². The number of carbonyl (C=O) groups is 1. The van der Waals surface area contributed by atoms with E-state index in [9.17, 15) is 4.79 Å². The molecule has 0 unspecified atom stereocenters. The highest BCUT2D eigenvalue weighted by Crippen LogP contribution is 2.17. The first-order chi connectivity index (χ1) is 5.20. The highest BCUT2D eigenvalue weighted by Gasteiger charge is 2.13. The molecule has 0 saturated heterocycles. The van der Waals surface area contributed by atoms with E-state index in [4.69, 9.17) is 5.11 Å². The van der Waals surface area contributed by atoms with Crippen molar-refractivity contribution in [3.63, 3.8) is 0 Å². The number of aromatic amines is 1. The Bertz CT molecular complexity index is 251. The summed E-state index contributed by atoms with van der Waals surface area (Å²) in [5.74, 6) is 0.711. The summed E-state index contributed by atoms with van der Waals surface area (Å²) >= 11 is 0. The summed E-state index contributed by atoms with van der Waals surface area (Å²) in [6.45, 7) is -0.0716. The second-order valence-electron chi connectivity index (χ2n) is 2.35. The van der Waals surface area contributed by atoms with Crippen LogP contribution in [0.1, 0.15) is 5.69 Å². The lowest BCUT2D eigenvalue weighted by molar-refractivity contribution is -0.107. The van der Waals surface area contributed by atoms with Gasteiger partial charge in [-0.25, -0.2) is 0 Å². The quantitative estimate of drug-likeness (QED) is 0.578. The van der Waals surface area contributed by atoms with Crippen LogP contribution in [0.2, 0.25) is 0 Å². The molecular weight excluding hydrogens is 146 g/mol. The molecular formula is C6H11N3O2. The number of carbonyl (C=O) groups excluding carboxylic acids is 1. The summed E-state index contributed by atoms with van der Waals surface area (Å²) in [6, 6.07) is 0. The van der Waals surface area contributed by atoms with Crippen molar-refractivity contribution in [3.8, 4) is 0 Å². The van der Waals surface area contributed by atoms with E-state index in [2.05, 4.69) is 5.10 Å². The van der Waals surface area contributed by atoms with E-state index in [0.29, 0.717) is 17.9 Å². The number of amides is 1. The van der Waals surface area contributed by atoms with Crippen LogP contribution in [0.4, 0.5) is 5.82 Å². The Balaban J connectivity index is 2.84. The van der Waals surface area contributed by atoms with Gasteiger partial charge in [-0.05, 0) is 0 Å². The maximum Gasteiger partial charge on any atom is 0.215 e. The van der Waals surface area contributed by atoms with Gasteiger partial charge in [0.1, 0.15) is 0 Å². The van der Waals surface area contributed by atoms with Gasteiger partial charge >= 0.3 is 0 Å². The highest BCUT2D eigenvalue weighted by molar-refractivity contribution is 5.73. The van der Waals surface area contributed by atoms with Crippen molar-refractivity contribution < 1.29 is 9.90 Å². The number of rotatable bonds is 3. The van der Waals surface area contributed by atoms with Crippen LogP contribution < -0.4 is 4.90 Å². The summed E-state index contributed by atoms with van der Waals surface area (Å²) in [4.78, 5) is 11.7. The van der Waals surface area contributed by atoms with Gasteiger partial charge in [0.15, 0.2) is 5.82 Å². The van der Waals surface area contributed by atoms with Gasteiger partial charge in [0.25, 0.3) is 0 Å². The first-order valence-electron chi connectivity index (χ1n) is 3.23. The molecule has 1 aromatic rings. The average molecular weight is 157 g/mol. The Morgan fingerprint density at radius 3 is 2.82 bits per heavy atom. The summed E-state index contributed by atoms with van der Waals surface area (Å²) in [7, 11) is 3.41. The molecule has 0 atom stereocenters. The van der Waals surface area contributed by atoms with Crippen molar-refractivity contribution in [1.82, 2.24) is 9.78 Å². The average Bonchev–Trinajstić information content (AvgIpc) is 1.99. The monoisotopic (exact) mass is 157 g/mol. The molecule has 0 spiro atoms. The number of nitrogens with zero attached hydrogens (tertiary/aromatic N) is 2. The second kappa shape index (κ2) is 2.79. The molecule has 1 amide bonds. The van der Waals surface area contributed by atoms with E-state index in [-0.39, 0.29) is 6.61 Å². The summed E-state index contributed by atoms with van der Waals surface area (Å²) in [6.07, 6.45) is 0.697. The van der Waals surface area contributed by atoms with Crippen molar-refractivity contribution in [2.45, 2.75) is 6.61 Å². The Hall–Kier alpha value is -1.23. The van der Waals surface area contributed by atoms with Crippen LogP contribution in [0.15, 0.2) is 0 Å². The molecule has 0 aliphatic carbocycles. The SMILES string of the molecule is CN(C=O)c1c(CO)[nH]n1C. The third-order valence-corrected chi connectivity index (χ3v) is 1.54. The molecule has 2 N–H and O–H groups in total. The van der Waals surface area contributed by atoms with Crippen LogP contribution in [0.5, 0.6) is 0 Å². The van der Waals surface area contributed by atoms with Gasteiger partial charge < -0.3 is 10.0 Å². The van der Waals surface area contributed by atoms with Crippen molar-refractivity contribution in [2.75, 3.05) is 11.9 Å². The van der Waals surface area contributed by atoms with Gasteiger partial charge in [-0.3, -0.25) is 14.6 Å². The lowest BCUT2D eigenvalue weighted by Crippen LogP contribution is -2.26. The third kappa shape index (κ3) is 1.14. The minimum Gasteiger partial charge on any atom is -0.390 e. The molecule has 0 saturated carbocycles. The zero-order chi connectivity index (χ0) is 8.43. The number of anilines is 1. The number of nitrogens with one attached hydrogen (secondary N) is 1. The zero-order valence-corrected chi connectivity index (χ0v) is 6.53. The molecule has 1 heterocycles. The Morgan fingerprint density at radius 2 is 2.45 bits per heavy atom. The van der Waals surface area contributed by atoms with Crippen LogP contribution in [-0.2, 0) is 18.4 Å². The molecule has 5 nitrogen and oxygen atoms in total. The van der Waals surface area contributed by atoms with Crippen molar-refractivity contribution in [2.24, 2.45) is 7.05 Å². The third-order valence-electron chi connectivity index (χ3n) is 1.54. The van der Waals surface area contributed by atoms with Crippen LogP contribution >= 0.6 is 0 Å². The number of hydrogen-bond donors (Lipinski definition) is 2. The smallest absolute Gasteiger partial charge is 0.215 e. The van der Waals surface area contributed by atoms with E-state index in [1.54, 1.807) is 18.8 Å². The Morgan fingerprint density at radius 1 is 1.82 bits per heavy atom. The van der Waals surface area contributed by atoms with Gasteiger partial charge in [0, 0.05) is 14.1 Å². The minimum atomic E-state index is -0.0716. The summed E-state index contributed by atoms with van der Waals surface area (Å²) < 4.78 is 1.67.